The molecule has 0 aliphatic carbocycles. The topological polar surface area (TPSA) is 67.9 Å². The minimum Gasteiger partial charge on any atom is -0.444 e. The number of carbonyl (C=O) groups is 2. The van der Waals surface area contributed by atoms with Gasteiger partial charge in [0, 0.05) is 33.0 Å². The smallest absolute Gasteiger partial charge is 0.410 e. The molecule has 0 fully saturated rings. The number of unbranched alkanes of at least 4 members (excludes halogenated alkanes) is 3. The van der Waals surface area contributed by atoms with Gasteiger partial charge >= 0.3 is 12.2 Å². The molecule has 6 heteroatoms. The van der Waals surface area contributed by atoms with Crippen molar-refractivity contribution < 1.29 is 19.1 Å². The second kappa shape index (κ2) is 12.4. The first-order valence-electron chi connectivity index (χ1n) is 9.66. The quantitative estimate of drug-likeness (QED) is 0.379. The van der Waals surface area contributed by atoms with Crippen LogP contribution in [0.15, 0.2) is 25.3 Å². The highest BCUT2D eigenvalue weighted by molar-refractivity contribution is 5.68. The van der Waals surface area contributed by atoms with E-state index in [0.29, 0.717) is 25.9 Å². The van der Waals surface area contributed by atoms with E-state index in [4.69, 9.17) is 9.47 Å². The lowest BCUT2D eigenvalue weighted by Gasteiger charge is -2.27. The molecule has 156 valence electrons. The SMILES string of the molecule is C=CCC(C)(CC=C)OC(=O)NCCCCCCN(C)C(=O)OC(C)(C)C. The summed E-state index contributed by atoms with van der Waals surface area (Å²) in [6, 6.07) is 0. The number of nitrogens with one attached hydrogen (secondary N) is 1. The maximum absolute atomic E-state index is 11.9. The van der Waals surface area contributed by atoms with Crippen LogP contribution in [0.25, 0.3) is 0 Å². The van der Waals surface area contributed by atoms with Crippen molar-refractivity contribution in [2.24, 2.45) is 0 Å². The van der Waals surface area contributed by atoms with Crippen LogP contribution in [0, 0.1) is 0 Å². The number of amides is 2. The summed E-state index contributed by atoms with van der Waals surface area (Å²) >= 11 is 0. The molecule has 27 heavy (non-hydrogen) atoms. The molecule has 0 heterocycles. The summed E-state index contributed by atoms with van der Waals surface area (Å²) in [7, 11) is 1.75. The highest BCUT2D eigenvalue weighted by atomic mass is 16.6. The minimum atomic E-state index is -0.597. The first kappa shape index (κ1) is 25.0. The summed E-state index contributed by atoms with van der Waals surface area (Å²) in [6.45, 7) is 16.1. The molecule has 0 radical (unpaired) electrons. The van der Waals surface area contributed by atoms with Crippen LogP contribution in [0.4, 0.5) is 9.59 Å². The Morgan fingerprint density at radius 2 is 1.52 bits per heavy atom. The van der Waals surface area contributed by atoms with Crippen LogP contribution in [0.2, 0.25) is 0 Å². The van der Waals surface area contributed by atoms with Crippen molar-refractivity contribution in [3.8, 4) is 0 Å². The molecule has 0 atom stereocenters. The van der Waals surface area contributed by atoms with Crippen LogP contribution >= 0.6 is 0 Å². The van der Waals surface area contributed by atoms with E-state index in [9.17, 15) is 9.59 Å². The van der Waals surface area contributed by atoms with E-state index in [1.165, 1.54) is 0 Å². The van der Waals surface area contributed by atoms with Crippen LogP contribution in [-0.2, 0) is 9.47 Å². The predicted octanol–water partition coefficient (Wildman–Crippen LogP) is 5.05. The Hall–Kier alpha value is -1.98. The summed E-state index contributed by atoms with van der Waals surface area (Å²) in [5.41, 5.74) is -1.07. The molecule has 1 N–H and O–H groups in total. The number of hydrogen-bond donors (Lipinski definition) is 1. The first-order valence-corrected chi connectivity index (χ1v) is 9.66. The Bertz CT molecular complexity index is 473. The van der Waals surface area contributed by atoms with Crippen LogP contribution < -0.4 is 5.32 Å². The average Bonchev–Trinajstić information content (AvgIpc) is 2.52. The Kier molecular flexibility index (Phi) is 11.5. The number of hydrogen-bond acceptors (Lipinski definition) is 4. The lowest BCUT2D eigenvalue weighted by molar-refractivity contribution is 0.0282. The third kappa shape index (κ3) is 12.9. The Balaban J connectivity index is 3.88. The lowest BCUT2D eigenvalue weighted by atomic mass is 9.98. The second-order valence-corrected chi connectivity index (χ2v) is 8.07. The molecule has 0 bridgehead atoms. The number of carbonyl (C=O) groups excluding carboxylic acids is 2. The lowest BCUT2D eigenvalue weighted by Crippen LogP contribution is -2.36. The van der Waals surface area contributed by atoms with Crippen molar-refractivity contribution >= 4 is 12.2 Å². The van der Waals surface area contributed by atoms with E-state index in [0.717, 1.165) is 25.7 Å². The molecule has 0 saturated carbocycles. The molecule has 0 rings (SSSR count). The van der Waals surface area contributed by atoms with E-state index >= 15 is 0 Å². The molecule has 0 saturated heterocycles. The highest BCUT2D eigenvalue weighted by Gasteiger charge is 2.25. The maximum Gasteiger partial charge on any atom is 0.410 e. The first-order chi connectivity index (χ1) is 12.5. The van der Waals surface area contributed by atoms with Gasteiger partial charge in [0.05, 0.1) is 0 Å². The standard InChI is InChI=1S/C21H38N2O4/c1-8-14-21(6,15-9-2)26-18(24)22-16-12-10-11-13-17-23(7)19(25)27-20(3,4)5/h8-9H,1-2,10-17H2,3-7H3,(H,22,24). The van der Waals surface area contributed by atoms with Crippen LogP contribution in [0.3, 0.4) is 0 Å². The molecule has 0 aromatic heterocycles. The van der Waals surface area contributed by atoms with Crippen molar-refractivity contribution in [3.63, 3.8) is 0 Å². The van der Waals surface area contributed by atoms with E-state index < -0.39 is 17.3 Å². The summed E-state index contributed by atoms with van der Waals surface area (Å²) in [5, 5.41) is 2.78. The third-order valence-corrected chi connectivity index (χ3v) is 3.89. The summed E-state index contributed by atoms with van der Waals surface area (Å²) in [5.74, 6) is 0. The van der Waals surface area contributed by atoms with Gasteiger partial charge in [-0.3, -0.25) is 0 Å². The number of rotatable bonds is 12. The predicted molar refractivity (Wildman–Crippen MR) is 110 cm³/mol. The second-order valence-electron chi connectivity index (χ2n) is 8.07. The number of ether oxygens (including phenoxy) is 2. The molecule has 0 aromatic rings. The van der Waals surface area contributed by atoms with Gasteiger partial charge in [-0.15, -0.1) is 13.2 Å². The molecule has 0 aliphatic rings. The molecule has 0 aromatic carbocycles. The van der Waals surface area contributed by atoms with Gasteiger partial charge in [-0.2, -0.15) is 0 Å². The van der Waals surface area contributed by atoms with Gasteiger partial charge in [0.15, 0.2) is 0 Å². The molecular formula is C21H38N2O4. The average molecular weight is 383 g/mol. The van der Waals surface area contributed by atoms with Crippen molar-refractivity contribution in [2.45, 2.75) is 77.4 Å². The monoisotopic (exact) mass is 382 g/mol. The Morgan fingerprint density at radius 1 is 0.963 bits per heavy atom. The highest BCUT2D eigenvalue weighted by Crippen LogP contribution is 2.21. The zero-order valence-corrected chi connectivity index (χ0v) is 17.8. The van der Waals surface area contributed by atoms with Crippen molar-refractivity contribution in [1.82, 2.24) is 10.2 Å². The van der Waals surface area contributed by atoms with Gasteiger partial charge in [0.1, 0.15) is 11.2 Å². The summed E-state index contributed by atoms with van der Waals surface area (Å²) < 4.78 is 10.8. The number of alkyl carbamates (subject to hydrolysis) is 1. The molecule has 2 amide bonds. The zero-order valence-electron chi connectivity index (χ0n) is 17.8. The van der Waals surface area contributed by atoms with Crippen molar-refractivity contribution in [3.05, 3.63) is 25.3 Å². The van der Waals surface area contributed by atoms with Gasteiger partial charge in [-0.25, -0.2) is 9.59 Å². The van der Waals surface area contributed by atoms with E-state index in [2.05, 4.69) is 18.5 Å². The zero-order chi connectivity index (χ0) is 20.9. The summed E-state index contributed by atoms with van der Waals surface area (Å²) in [6.07, 6.45) is 7.65. The molecule has 0 spiro atoms. The minimum absolute atomic E-state index is 0.297. The molecule has 6 nitrogen and oxygen atoms in total. The van der Waals surface area contributed by atoms with Gasteiger partial charge < -0.3 is 19.7 Å². The fourth-order valence-corrected chi connectivity index (χ4v) is 2.49. The van der Waals surface area contributed by atoms with E-state index in [1.54, 1.807) is 24.1 Å². The van der Waals surface area contributed by atoms with Crippen LogP contribution in [0.1, 0.15) is 66.2 Å². The summed E-state index contributed by atoms with van der Waals surface area (Å²) in [4.78, 5) is 25.4. The maximum atomic E-state index is 11.9. The van der Waals surface area contributed by atoms with Crippen LogP contribution in [0.5, 0.6) is 0 Å². The fourth-order valence-electron chi connectivity index (χ4n) is 2.49. The number of nitrogens with zero attached hydrogens (tertiary/aromatic N) is 1. The van der Waals surface area contributed by atoms with Gasteiger partial charge in [-0.05, 0) is 40.5 Å². The van der Waals surface area contributed by atoms with Gasteiger partial charge in [0.25, 0.3) is 0 Å². The van der Waals surface area contributed by atoms with E-state index in [1.807, 2.05) is 27.7 Å². The largest absolute Gasteiger partial charge is 0.444 e. The normalized spacial score (nSPS) is 11.4. The Morgan fingerprint density at radius 3 is 2.04 bits per heavy atom. The van der Waals surface area contributed by atoms with Crippen molar-refractivity contribution in [2.75, 3.05) is 20.1 Å². The van der Waals surface area contributed by atoms with Crippen LogP contribution in [-0.4, -0.2) is 48.4 Å². The fraction of sp³-hybridized carbons (Fsp3) is 0.714. The molecular weight excluding hydrogens is 344 g/mol. The Labute approximate surface area is 165 Å². The van der Waals surface area contributed by atoms with Gasteiger partial charge in [0.2, 0.25) is 0 Å². The third-order valence-electron chi connectivity index (χ3n) is 3.89. The van der Waals surface area contributed by atoms with Gasteiger partial charge in [-0.1, -0.05) is 25.0 Å². The molecule has 0 unspecified atom stereocenters. The van der Waals surface area contributed by atoms with Crippen molar-refractivity contribution in [1.29, 1.82) is 0 Å². The van der Waals surface area contributed by atoms with E-state index in [-0.39, 0.29) is 6.09 Å². The molecule has 0 aliphatic heterocycles.